The van der Waals surface area contributed by atoms with Gasteiger partial charge in [0.2, 0.25) is 0 Å². The van der Waals surface area contributed by atoms with Gasteiger partial charge in [0.05, 0.1) is 22.1 Å². The molecule has 0 aliphatic heterocycles. The minimum atomic E-state index is 1.17. The van der Waals surface area contributed by atoms with Crippen LogP contribution in [0.5, 0.6) is 0 Å². The van der Waals surface area contributed by atoms with E-state index in [1.807, 2.05) is 0 Å². The fourth-order valence-corrected chi connectivity index (χ4v) is 8.46. The van der Waals surface area contributed by atoms with Crippen LogP contribution in [0.4, 0.5) is 0 Å². The first-order valence-corrected chi connectivity index (χ1v) is 17.3. The highest BCUT2D eigenvalue weighted by atomic mass is 15.0. The quantitative estimate of drug-likeness (QED) is 0.171. The van der Waals surface area contributed by atoms with Gasteiger partial charge in [-0.05, 0) is 110 Å². The summed E-state index contributed by atoms with van der Waals surface area (Å²) in [5.74, 6) is 0. The molecule has 0 bridgehead atoms. The Kier molecular flexibility index (Phi) is 5.70. The van der Waals surface area contributed by atoms with E-state index in [1.165, 1.54) is 98.4 Å². The number of hydrogen-bond acceptors (Lipinski definition) is 0. The van der Waals surface area contributed by atoms with E-state index in [4.69, 9.17) is 0 Å². The predicted molar refractivity (Wildman–Crippen MR) is 213 cm³/mol. The normalized spacial score (nSPS) is 12.0. The minimum absolute atomic E-state index is 1.17. The van der Waals surface area contributed by atoms with E-state index in [2.05, 4.69) is 191 Å². The van der Waals surface area contributed by atoms with Gasteiger partial charge in [0.25, 0.3) is 0 Å². The Balaban J connectivity index is 1.21. The van der Waals surface area contributed by atoms with Gasteiger partial charge < -0.3 is 9.13 Å². The van der Waals surface area contributed by atoms with Crippen LogP contribution in [0, 0.1) is 0 Å². The van der Waals surface area contributed by atoms with E-state index in [0.29, 0.717) is 0 Å². The van der Waals surface area contributed by atoms with Crippen molar-refractivity contribution in [3.8, 4) is 22.5 Å². The van der Waals surface area contributed by atoms with Crippen molar-refractivity contribution in [2.45, 2.75) is 0 Å². The van der Waals surface area contributed by atoms with Gasteiger partial charge in [-0.25, -0.2) is 0 Å². The van der Waals surface area contributed by atoms with Crippen LogP contribution in [0.2, 0.25) is 0 Å². The standard InChI is InChI=1S/C48H30N2/c1-3-13-33(14-4-1)49-45-22-12-11-21-39(45)42-27-31(23-25-46(42)49)32-24-26-47-43(28-32)44-29-40-37-19-9-7-17-35(37)36-18-8-10-20-38(36)41(40)30-48(44)50(47)34-15-5-2-6-16-34/h1-30H. The largest absolute Gasteiger partial charge is 0.309 e. The van der Waals surface area contributed by atoms with Crippen LogP contribution in [-0.4, -0.2) is 9.13 Å². The average molecular weight is 635 g/mol. The maximum absolute atomic E-state index is 2.45. The van der Waals surface area contributed by atoms with Crippen molar-refractivity contribution >= 4 is 75.9 Å². The van der Waals surface area contributed by atoms with Gasteiger partial charge in [-0.15, -0.1) is 0 Å². The van der Waals surface area contributed by atoms with Gasteiger partial charge >= 0.3 is 0 Å². The maximum atomic E-state index is 2.45. The first-order valence-electron chi connectivity index (χ1n) is 17.3. The minimum Gasteiger partial charge on any atom is -0.309 e. The fourth-order valence-electron chi connectivity index (χ4n) is 8.46. The van der Waals surface area contributed by atoms with Crippen molar-refractivity contribution in [1.82, 2.24) is 9.13 Å². The lowest BCUT2D eigenvalue weighted by Gasteiger charge is -2.12. The van der Waals surface area contributed by atoms with Crippen molar-refractivity contribution in [1.29, 1.82) is 0 Å². The highest BCUT2D eigenvalue weighted by Gasteiger charge is 2.18. The lowest BCUT2D eigenvalue weighted by atomic mass is 9.93. The molecule has 2 heteroatoms. The Hall–Kier alpha value is -6.64. The second-order valence-electron chi connectivity index (χ2n) is 13.3. The Morgan fingerprint density at radius 1 is 0.220 bits per heavy atom. The Labute approximate surface area is 288 Å². The second-order valence-corrected chi connectivity index (χ2v) is 13.3. The molecule has 11 rings (SSSR count). The van der Waals surface area contributed by atoms with Gasteiger partial charge in [0.15, 0.2) is 0 Å². The molecule has 232 valence electrons. The number of benzene rings is 9. The van der Waals surface area contributed by atoms with Gasteiger partial charge in [0, 0.05) is 32.9 Å². The topological polar surface area (TPSA) is 9.86 Å². The summed E-state index contributed by atoms with van der Waals surface area (Å²) >= 11 is 0. The van der Waals surface area contributed by atoms with E-state index < -0.39 is 0 Å². The number of aromatic nitrogens is 2. The summed E-state index contributed by atoms with van der Waals surface area (Å²) in [7, 11) is 0. The number of para-hydroxylation sites is 3. The van der Waals surface area contributed by atoms with Gasteiger partial charge in [-0.3, -0.25) is 0 Å². The number of nitrogens with zero attached hydrogens (tertiary/aromatic N) is 2. The summed E-state index contributed by atoms with van der Waals surface area (Å²) < 4.78 is 4.82. The highest BCUT2D eigenvalue weighted by molar-refractivity contribution is 6.29. The Morgan fingerprint density at radius 2 is 0.600 bits per heavy atom. The molecule has 0 N–H and O–H groups in total. The molecule has 0 amide bonds. The number of fused-ring (bicyclic) bond motifs is 12. The highest BCUT2D eigenvalue weighted by Crippen LogP contribution is 2.42. The molecule has 0 fully saturated rings. The van der Waals surface area contributed by atoms with E-state index in [0.717, 1.165) is 0 Å². The Bertz CT molecular complexity index is 3130. The lowest BCUT2D eigenvalue weighted by Crippen LogP contribution is -1.93. The molecular formula is C48H30N2. The molecular weight excluding hydrogens is 605 g/mol. The molecule has 11 aromatic rings. The molecule has 2 nitrogen and oxygen atoms in total. The fraction of sp³-hybridized carbons (Fsp3) is 0. The van der Waals surface area contributed by atoms with Gasteiger partial charge in [0.1, 0.15) is 0 Å². The van der Waals surface area contributed by atoms with Crippen LogP contribution >= 0.6 is 0 Å². The smallest absolute Gasteiger partial charge is 0.0547 e. The van der Waals surface area contributed by atoms with Crippen molar-refractivity contribution in [2.24, 2.45) is 0 Å². The SMILES string of the molecule is c1ccc(-n2c3ccccc3c3cc(-c4ccc5c(c4)c4cc6c7ccccc7c7ccccc7c6cc4n5-c4ccccc4)ccc32)cc1. The summed E-state index contributed by atoms with van der Waals surface area (Å²) in [6.45, 7) is 0. The molecule has 2 aromatic heterocycles. The van der Waals surface area contributed by atoms with Gasteiger partial charge in [-0.2, -0.15) is 0 Å². The van der Waals surface area contributed by atoms with Crippen LogP contribution in [0.25, 0.3) is 98.4 Å². The Morgan fingerprint density at radius 3 is 1.16 bits per heavy atom. The molecule has 0 aliphatic rings. The molecule has 0 spiro atoms. The summed E-state index contributed by atoms with van der Waals surface area (Å²) in [4.78, 5) is 0. The lowest BCUT2D eigenvalue weighted by molar-refractivity contribution is 1.18. The molecule has 0 radical (unpaired) electrons. The van der Waals surface area contributed by atoms with Gasteiger partial charge in [-0.1, -0.05) is 115 Å². The van der Waals surface area contributed by atoms with Crippen LogP contribution in [0.1, 0.15) is 0 Å². The molecule has 0 unspecified atom stereocenters. The molecule has 0 atom stereocenters. The van der Waals surface area contributed by atoms with E-state index in [1.54, 1.807) is 0 Å². The molecule has 9 aromatic carbocycles. The van der Waals surface area contributed by atoms with Crippen LogP contribution in [-0.2, 0) is 0 Å². The van der Waals surface area contributed by atoms with Crippen molar-refractivity contribution in [3.63, 3.8) is 0 Å². The summed E-state index contributed by atoms with van der Waals surface area (Å²) in [5, 5.41) is 12.8. The summed E-state index contributed by atoms with van der Waals surface area (Å²) in [5.41, 5.74) is 9.64. The zero-order valence-electron chi connectivity index (χ0n) is 27.2. The average Bonchev–Trinajstić information content (AvgIpc) is 3.69. The zero-order chi connectivity index (χ0) is 32.8. The van der Waals surface area contributed by atoms with Crippen LogP contribution in [0.15, 0.2) is 182 Å². The molecule has 0 saturated carbocycles. The first kappa shape index (κ1) is 27.3. The number of rotatable bonds is 3. The van der Waals surface area contributed by atoms with Crippen LogP contribution in [0.3, 0.4) is 0 Å². The van der Waals surface area contributed by atoms with Crippen molar-refractivity contribution in [2.75, 3.05) is 0 Å². The first-order chi connectivity index (χ1) is 24.8. The third kappa shape index (κ3) is 3.85. The second kappa shape index (κ2) is 10.4. The molecule has 50 heavy (non-hydrogen) atoms. The van der Waals surface area contributed by atoms with Crippen LogP contribution < -0.4 is 0 Å². The van der Waals surface area contributed by atoms with E-state index in [9.17, 15) is 0 Å². The summed E-state index contributed by atoms with van der Waals surface area (Å²) in [6, 6.07) is 66.7. The summed E-state index contributed by atoms with van der Waals surface area (Å²) in [6.07, 6.45) is 0. The molecule has 0 saturated heterocycles. The predicted octanol–water partition coefficient (Wildman–Crippen LogP) is 13.0. The molecule has 2 heterocycles. The third-order valence-electron chi connectivity index (χ3n) is 10.7. The van der Waals surface area contributed by atoms with E-state index >= 15 is 0 Å². The molecule has 0 aliphatic carbocycles. The van der Waals surface area contributed by atoms with Crippen molar-refractivity contribution in [3.05, 3.63) is 182 Å². The van der Waals surface area contributed by atoms with Crippen molar-refractivity contribution < 1.29 is 0 Å². The number of hydrogen-bond donors (Lipinski definition) is 0. The monoisotopic (exact) mass is 634 g/mol. The van der Waals surface area contributed by atoms with E-state index in [-0.39, 0.29) is 0 Å². The zero-order valence-corrected chi connectivity index (χ0v) is 27.2. The third-order valence-corrected chi connectivity index (χ3v) is 10.7. The maximum Gasteiger partial charge on any atom is 0.0547 e.